The maximum atomic E-state index is 6.47. The number of aryl methyl sites for hydroxylation is 1. The molecule has 0 heterocycles. The van der Waals surface area contributed by atoms with Crippen LogP contribution in [0.25, 0.3) is 0 Å². The van der Waals surface area contributed by atoms with Crippen LogP contribution in [0.3, 0.4) is 0 Å². The summed E-state index contributed by atoms with van der Waals surface area (Å²) in [6.45, 7) is 7.16. The molecule has 1 aromatic carbocycles. The van der Waals surface area contributed by atoms with Crippen LogP contribution in [0.1, 0.15) is 64.9 Å². The van der Waals surface area contributed by atoms with E-state index in [9.17, 15) is 0 Å². The van der Waals surface area contributed by atoms with Gasteiger partial charge in [-0.15, -0.1) is 0 Å². The summed E-state index contributed by atoms with van der Waals surface area (Å²) in [6.07, 6.45) is 9.01. The Labute approximate surface area is 131 Å². The lowest BCUT2D eigenvalue weighted by molar-refractivity contribution is 0.137. The van der Waals surface area contributed by atoms with E-state index in [0.29, 0.717) is 11.5 Å². The van der Waals surface area contributed by atoms with Crippen LogP contribution < -0.4 is 5.73 Å². The zero-order valence-electron chi connectivity index (χ0n) is 14.1. The summed E-state index contributed by atoms with van der Waals surface area (Å²) in [5, 5.41) is 0. The monoisotopic (exact) mass is 287 g/mol. The summed E-state index contributed by atoms with van der Waals surface area (Å²) in [7, 11) is 0. The van der Waals surface area contributed by atoms with Crippen LogP contribution in [-0.4, -0.2) is 6.04 Å². The van der Waals surface area contributed by atoms with Crippen molar-refractivity contribution in [2.75, 3.05) is 0 Å². The van der Waals surface area contributed by atoms with Gasteiger partial charge >= 0.3 is 0 Å². The lowest BCUT2D eigenvalue weighted by Gasteiger charge is -2.38. The first-order valence-corrected chi connectivity index (χ1v) is 8.76. The van der Waals surface area contributed by atoms with Gasteiger partial charge in [-0.2, -0.15) is 0 Å². The molecule has 1 fully saturated rings. The second-order valence-corrected chi connectivity index (χ2v) is 8.02. The van der Waals surface area contributed by atoms with Crippen LogP contribution in [0.2, 0.25) is 0 Å². The molecule has 1 unspecified atom stereocenters. The molecule has 2 rings (SSSR count). The molecule has 1 nitrogen and oxygen atoms in total. The van der Waals surface area contributed by atoms with E-state index in [0.717, 1.165) is 11.8 Å². The van der Waals surface area contributed by atoms with Crippen molar-refractivity contribution >= 4 is 0 Å². The predicted octanol–water partition coefficient (Wildman–Crippen LogP) is 5.19. The largest absolute Gasteiger partial charge is 0.327 e. The number of rotatable bonds is 5. The fourth-order valence-corrected chi connectivity index (χ4v) is 3.84. The van der Waals surface area contributed by atoms with Gasteiger partial charge in [0.2, 0.25) is 0 Å². The second-order valence-electron chi connectivity index (χ2n) is 8.02. The second kappa shape index (κ2) is 7.45. The van der Waals surface area contributed by atoms with Gasteiger partial charge in [0.1, 0.15) is 0 Å². The van der Waals surface area contributed by atoms with Gasteiger partial charge in [-0.3, -0.25) is 0 Å². The highest BCUT2D eigenvalue weighted by Crippen LogP contribution is 2.40. The van der Waals surface area contributed by atoms with E-state index >= 15 is 0 Å². The normalized spacial score (nSPS) is 24.8. The molecule has 2 N–H and O–H groups in total. The molecule has 21 heavy (non-hydrogen) atoms. The van der Waals surface area contributed by atoms with Crippen molar-refractivity contribution in [3.63, 3.8) is 0 Å². The van der Waals surface area contributed by atoms with Crippen LogP contribution in [0.4, 0.5) is 0 Å². The highest BCUT2D eigenvalue weighted by molar-refractivity contribution is 5.14. The molecule has 1 aromatic rings. The van der Waals surface area contributed by atoms with Crippen LogP contribution in [0.5, 0.6) is 0 Å². The van der Waals surface area contributed by atoms with Crippen LogP contribution in [0, 0.1) is 17.3 Å². The number of nitrogens with two attached hydrogens (primary N) is 1. The Hall–Kier alpha value is -0.820. The van der Waals surface area contributed by atoms with E-state index in [1.54, 1.807) is 0 Å². The summed E-state index contributed by atoms with van der Waals surface area (Å²) >= 11 is 0. The molecule has 0 bridgehead atoms. The van der Waals surface area contributed by atoms with Crippen LogP contribution in [-0.2, 0) is 6.42 Å². The molecular formula is C20H33N. The zero-order valence-corrected chi connectivity index (χ0v) is 14.1. The zero-order chi connectivity index (χ0) is 15.3. The summed E-state index contributed by atoms with van der Waals surface area (Å²) in [5.74, 6) is 1.66. The van der Waals surface area contributed by atoms with Crippen molar-refractivity contribution in [3.8, 4) is 0 Å². The summed E-state index contributed by atoms with van der Waals surface area (Å²) in [5.41, 5.74) is 8.39. The topological polar surface area (TPSA) is 26.0 Å². The summed E-state index contributed by atoms with van der Waals surface area (Å²) in [4.78, 5) is 0. The minimum absolute atomic E-state index is 0.412. The minimum Gasteiger partial charge on any atom is -0.327 e. The van der Waals surface area contributed by atoms with Crippen LogP contribution >= 0.6 is 0 Å². The standard InChI is InChI=1S/C20H33N/c1-20(2,3)18-14-12-17(13-15-18)19(21)11-7-10-16-8-5-4-6-9-16/h4-6,8-9,17-19H,7,10-15,21H2,1-3H3. The molecule has 0 amide bonds. The van der Waals surface area contributed by atoms with Crippen molar-refractivity contribution in [2.45, 2.75) is 71.8 Å². The highest BCUT2D eigenvalue weighted by atomic mass is 14.7. The molecular weight excluding hydrogens is 254 g/mol. The molecule has 118 valence electrons. The van der Waals surface area contributed by atoms with Crippen molar-refractivity contribution in [3.05, 3.63) is 35.9 Å². The van der Waals surface area contributed by atoms with Crippen molar-refractivity contribution in [1.29, 1.82) is 0 Å². The third-order valence-electron chi connectivity index (χ3n) is 5.45. The Kier molecular flexibility index (Phi) is 5.87. The smallest absolute Gasteiger partial charge is 0.00672 e. The maximum absolute atomic E-state index is 6.47. The highest BCUT2D eigenvalue weighted by Gasteiger charge is 2.31. The number of hydrogen-bond acceptors (Lipinski definition) is 1. The molecule has 0 aromatic heterocycles. The third-order valence-corrected chi connectivity index (χ3v) is 5.45. The molecule has 1 aliphatic carbocycles. The minimum atomic E-state index is 0.412. The molecule has 1 saturated carbocycles. The van der Waals surface area contributed by atoms with E-state index in [-0.39, 0.29) is 0 Å². The first kappa shape index (κ1) is 16.5. The Morgan fingerprint density at radius 2 is 1.67 bits per heavy atom. The quantitative estimate of drug-likeness (QED) is 0.792. The fraction of sp³-hybridized carbons (Fsp3) is 0.700. The van der Waals surface area contributed by atoms with Gasteiger partial charge in [-0.25, -0.2) is 0 Å². The summed E-state index contributed by atoms with van der Waals surface area (Å²) < 4.78 is 0. The average molecular weight is 287 g/mol. The average Bonchev–Trinajstić information content (AvgIpc) is 2.47. The Morgan fingerprint density at radius 1 is 1.05 bits per heavy atom. The molecule has 0 aliphatic heterocycles. The predicted molar refractivity (Wildman–Crippen MR) is 92.3 cm³/mol. The van der Waals surface area contributed by atoms with Crippen molar-refractivity contribution in [1.82, 2.24) is 0 Å². The molecule has 1 aliphatic rings. The lowest BCUT2D eigenvalue weighted by Crippen LogP contribution is -2.35. The molecule has 0 radical (unpaired) electrons. The first-order valence-electron chi connectivity index (χ1n) is 8.76. The van der Waals surface area contributed by atoms with Crippen molar-refractivity contribution < 1.29 is 0 Å². The van der Waals surface area contributed by atoms with Gasteiger partial charge in [0.15, 0.2) is 0 Å². The van der Waals surface area contributed by atoms with Crippen molar-refractivity contribution in [2.24, 2.45) is 23.0 Å². The van der Waals surface area contributed by atoms with Gasteiger partial charge in [0, 0.05) is 6.04 Å². The Bertz CT molecular complexity index is 396. The van der Waals surface area contributed by atoms with Gasteiger partial charge in [0.05, 0.1) is 0 Å². The van der Waals surface area contributed by atoms with E-state index in [1.165, 1.54) is 50.5 Å². The number of benzene rings is 1. The number of hydrogen-bond donors (Lipinski definition) is 1. The van der Waals surface area contributed by atoms with E-state index in [4.69, 9.17) is 5.73 Å². The molecule has 1 atom stereocenters. The first-order chi connectivity index (χ1) is 9.97. The Balaban J connectivity index is 1.69. The van der Waals surface area contributed by atoms with E-state index < -0.39 is 0 Å². The fourth-order valence-electron chi connectivity index (χ4n) is 3.84. The summed E-state index contributed by atoms with van der Waals surface area (Å²) in [6, 6.07) is 11.2. The van der Waals surface area contributed by atoms with Gasteiger partial charge in [0.25, 0.3) is 0 Å². The SMILES string of the molecule is CC(C)(C)C1CCC(C(N)CCCc2ccccc2)CC1. The molecule has 1 heteroatoms. The van der Waals surface area contributed by atoms with Gasteiger partial charge < -0.3 is 5.73 Å². The lowest BCUT2D eigenvalue weighted by atomic mass is 9.68. The Morgan fingerprint density at radius 3 is 2.24 bits per heavy atom. The third kappa shape index (κ3) is 5.14. The maximum Gasteiger partial charge on any atom is 0.00672 e. The van der Waals surface area contributed by atoms with Crippen LogP contribution in [0.15, 0.2) is 30.3 Å². The van der Waals surface area contributed by atoms with Gasteiger partial charge in [-0.05, 0) is 67.8 Å². The van der Waals surface area contributed by atoms with E-state index in [2.05, 4.69) is 51.1 Å². The molecule has 0 spiro atoms. The van der Waals surface area contributed by atoms with Gasteiger partial charge in [-0.1, -0.05) is 51.1 Å². The molecule has 0 saturated heterocycles. The van der Waals surface area contributed by atoms with E-state index in [1.807, 2.05) is 0 Å².